The summed E-state index contributed by atoms with van der Waals surface area (Å²) in [5, 5.41) is 5.98. The van der Waals surface area contributed by atoms with Crippen molar-refractivity contribution in [2.75, 3.05) is 27.0 Å². The quantitative estimate of drug-likeness (QED) is 0.357. The molecule has 128 valence electrons. The summed E-state index contributed by atoms with van der Waals surface area (Å²) in [6, 6.07) is -0.143. The third kappa shape index (κ3) is 13.7. The van der Waals surface area contributed by atoms with E-state index in [1.165, 1.54) is 0 Å². The Hall–Kier alpha value is 0.300. The minimum atomic E-state index is -0.281. The number of ether oxygens (including phenoxy) is 2. The molecule has 0 fully saturated rings. The first-order valence-electron chi connectivity index (χ1n) is 6.19. The molecule has 0 aliphatic carbocycles. The van der Waals surface area contributed by atoms with Gasteiger partial charge in [0.1, 0.15) is 0 Å². The maximum Gasteiger partial charge on any atom is 0.238 e. The number of likely N-dealkylation sites (N-methyl/N-ethyl adjacent to an activating group) is 1. The van der Waals surface area contributed by atoms with E-state index in [1.54, 1.807) is 32.6 Å². The summed E-state index contributed by atoms with van der Waals surface area (Å²) in [4.78, 5) is 12.0. The van der Waals surface area contributed by atoms with Crippen molar-refractivity contribution in [2.45, 2.75) is 39.1 Å². The van der Waals surface area contributed by atoms with Gasteiger partial charge >= 0.3 is 0 Å². The zero-order valence-electron chi connectivity index (χ0n) is 12.8. The van der Waals surface area contributed by atoms with Gasteiger partial charge in [0.25, 0.3) is 0 Å². The highest BCUT2D eigenvalue weighted by Crippen LogP contribution is 2.36. The fourth-order valence-corrected chi connectivity index (χ4v) is 3.64. The first-order valence-corrected chi connectivity index (χ1v) is 10.7. The van der Waals surface area contributed by atoms with Crippen molar-refractivity contribution in [3.63, 3.8) is 0 Å². The standard InChI is InChI=1S/C10H24N2O3P2S.C2H4.CH4/c1-7(5-9(14-3)15-4)12-10(13)8(11-2)6-18-17-16;1-2;/h7-9,11,17H,5-6,16H2,1-4H3,(H,12,13);1-2H2;1H4/t7-,8+;;/m1../s1. The lowest BCUT2D eigenvalue weighted by Gasteiger charge is -2.22. The number of rotatable bonds is 10. The van der Waals surface area contributed by atoms with Crippen LogP contribution in [0.3, 0.4) is 0 Å². The van der Waals surface area contributed by atoms with E-state index in [0.717, 1.165) is 5.75 Å². The van der Waals surface area contributed by atoms with Gasteiger partial charge in [0.2, 0.25) is 5.91 Å². The number of carbonyl (C=O) groups is 1. The summed E-state index contributed by atoms with van der Waals surface area (Å²) in [7, 11) is 8.36. The van der Waals surface area contributed by atoms with Crippen LogP contribution in [0.25, 0.3) is 0 Å². The summed E-state index contributed by atoms with van der Waals surface area (Å²) < 4.78 is 10.2. The van der Waals surface area contributed by atoms with Gasteiger partial charge in [-0.25, -0.2) is 0 Å². The van der Waals surface area contributed by atoms with E-state index in [-0.39, 0.29) is 31.7 Å². The normalized spacial score (nSPS) is 13.2. The topological polar surface area (TPSA) is 59.6 Å². The average Bonchev–Trinajstić information content (AvgIpc) is 2.47. The lowest BCUT2D eigenvalue weighted by Crippen LogP contribution is -2.48. The molecule has 0 rings (SSSR count). The first-order chi connectivity index (χ1) is 9.58. The molecule has 0 aromatic rings. The summed E-state index contributed by atoms with van der Waals surface area (Å²) in [6.45, 7) is 7.94. The second-order valence-electron chi connectivity index (χ2n) is 3.82. The molecule has 8 heteroatoms. The van der Waals surface area contributed by atoms with Gasteiger partial charge in [0.15, 0.2) is 6.29 Å². The number of hydrogen-bond acceptors (Lipinski definition) is 5. The largest absolute Gasteiger partial charge is 0.356 e. The van der Waals surface area contributed by atoms with E-state index in [1.807, 2.05) is 6.92 Å². The van der Waals surface area contributed by atoms with Crippen LogP contribution in [0.4, 0.5) is 0 Å². The molecule has 0 aliphatic rings. The molecule has 21 heavy (non-hydrogen) atoms. The minimum Gasteiger partial charge on any atom is -0.356 e. The molecule has 0 aromatic heterocycles. The molecule has 2 unspecified atom stereocenters. The average molecular weight is 358 g/mol. The fourth-order valence-electron chi connectivity index (χ4n) is 1.40. The number of methoxy groups -OCH3 is 2. The van der Waals surface area contributed by atoms with Gasteiger partial charge in [0.05, 0.1) is 6.04 Å². The molecule has 2 N–H and O–H groups in total. The molecule has 0 saturated carbocycles. The zero-order chi connectivity index (χ0) is 16.0. The first kappa shape index (κ1) is 26.2. The van der Waals surface area contributed by atoms with Crippen LogP contribution >= 0.6 is 27.8 Å². The van der Waals surface area contributed by atoms with Crippen LogP contribution < -0.4 is 10.6 Å². The molecule has 0 bridgehead atoms. The van der Waals surface area contributed by atoms with Crippen LogP contribution in [-0.2, 0) is 14.3 Å². The Kier molecular flexibility index (Phi) is 22.9. The predicted octanol–water partition coefficient (Wildman–Crippen LogP) is 2.64. The molecule has 5 nitrogen and oxygen atoms in total. The molecule has 0 aromatic carbocycles. The van der Waals surface area contributed by atoms with Crippen molar-refractivity contribution in [3.05, 3.63) is 13.2 Å². The maximum absolute atomic E-state index is 12.0. The van der Waals surface area contributed by atoms with E-state index in [2.05, 4.69) is 32.7 Å². The van der Waals surface area contributed by atoms with Crippen molar-refractivity contribution < 1.29 is 14.3 Å². The van der Waals surface area contributed by atoms with E-state index >= 15 is 0 Å². The van der Waals surface area contributed by atoms with E-state index in [0.29, 0.717) is 13.9 Å². The highest BCUT2D eigenvalue weighted by atomic mass is 32.9. The molecule has 0 radical (unpaired) electrons. The summed E-state index contributed by atoms with van der Waals surface area (Å²) >= 11 is 1.74. The van der Waals surface area contributed by atoms with Crippen LogP contribution in [0.2, 0.25) is 0 Å². The lowest BCUT2D eigenvalue weighted by molar-refractivity contribution is -0.126. The summed E-state index contributed by atoms with van der Waals surface area (Å²) in [6.07, 6.45) is 0.351. The second-order valence-corrected chi connectivity index (χ2v) is 8.37. The zero-order valence-corrected chi connectivity index (χ0v) is 15.7. The Morgan fingerprint density at radius 1 is 1.38 bits per heavy atom. The van der Waals surface area contributed by atoms with Gasteiger partial charge in [-0.15, -0.1) is 33.5 Å². The number of amides is 1. The second kappa shape index (κ2) is 18.3. The van der Waals surface area contributed by atoms with Crippen LogP contribution in [0.15, 0.2) is 13.2 Å². The molecule has 1 amide bonds. The number of hydrogen-bond donors (Lipinski definition) is 2. The molecular weight excluding hydrogens is 326 g/mol. The van der Waals surface area contributed by atoms with Crippen molar-refractivity contribution in [1.29, 1.82) is 0 Å². The Morgan fingerprint density at radius 3 is 2.29 bits per heavy atom. The molecular formula is C13H32N2O3P2S. The van der Waals surface area contributed by atoms with Crippen molar-refractivity contribution in [2.24, 2.45) is 0 Å². The summed E-state index contributed by atoms with van der Waals surface area (Å²) in [5.74, 6) is 0.793. The number of nitrogens with one attached hydrogen (secondary N) is 2. The summed E-state index contributed by atoms with van der Waals surface area (Å²) in [5.41, 5.74) is 0. The van der Waals surface area contributed by atoms with E-state index in [4.69, 9.17) is 9.47 Å². The Balaban J connectivity index is -0.00000103. The van der Waals surface area contributed by atoms with Gasteiger partial charge in [-0.1, -0.05) is 7.43 Å². The highest BCUT2D eigenvalue weighted by molar-refractivity contribution is 8.64. The van der Waals surface area contributed by atoms with Crippen LogP contribution in [0, 0.1) is 0 Å². The van der Waals surface area contributed by atoms with Crippen molar-refractivity contribution in [3.8, 4) is 0 Å². The predicted molar refractivity (Wildman–Crippen MR) is 101 cm³/mol. The minimum absolute atomic E-state index is 0. The fraction of sp³-hybridized carbons (Fsp3) is 0.769. The molecule has 0 heterocycles. The lowest BCUT2D eigenvalue weighted by atomic mass is 10.2. The van der Waals surface area contributed by atoms with Crippen LogP contribution in [0.1, 0.15) is 20.8 Å². The molecule has 0 aliphatic heterocycles. The van der Waals surface area contributed by atoms with Crippen molar-refractivity contribution in [1.82, 2.24) is 10.6 Å². The highest BCUT2D eigenvalue weighted by Gasteiger charge is 2.19. The van der Waals surface area contributed by atoms with Gasteiger partial charge < -0.3 is 20.1 Å². The van der Waals surface area contributed by atoms with Gasteiger partial charge in [0, 0.05) is 32.4 Å². The SMILES string of the molecule is C.C=C.CN[C@@H](CSPP)C(=O)N[C@H](C)CC(OC)OC. The van der Waals surface area contributed by atoms with Crippen molar-refractivity contribution >= 4 is 33.7 Å². The Labute approximate surface area is 138 Å². The number of carbonyl (C=O) groups excluding carboxylic acids is 1. The van der Waals surface area contributed by atoms with E-state index < -0.39 is 0 Å². The van der Waals surface area contributed by atoms with Gasteiger partial charge in [-0.05, 0) is 21.4 Å². The Bertz CT molecular complexity index is 247. The molecule has 4 atom stereocenters. The third-order valence-electron chi connectivity index (χ3n) is 2.46. The molecule has 0 spiro atoms. The smallest absolute Gasteiger partial charge is 0.238 e. The van der Waals surface area contributed by atoms with E-state index in [9.17, 15) is 4.79 Å². The Morgan fingerprint density at radius 2 is 1.90 bits per heavy atom. The van der Waals surface area contributed by atoms with Gasteiger partial charge in [-0.2, -0.15) is 0 Å². The molecule has 0 saturated heterocycles. The monoisotopic (exact) mass is 358 g/mol. The maximum atomic E-state index is 12.0. The van der Waals surface area contributed by atoms with Crippen LogP contribution in [-0.4, -0.2) is 51.3 Å². The van der Waals surface area contributed by atoms with Crippen LogP contribution in [0.5, 0.6) is 0 Å². The van der Waals surface area contributed by atoms with Gasteiger partial charge in [-0.3, -0.25) is 4.79 Å². The third-order valence-corrected chi connectivity index (χ3v) is 5.63.